The van der Waals surface area contributed by atoms with Gasteiger partial charge in [0.1, 0.15) is 0 Å². The largest absolute Gasteiger partial charge is 0.493 e. The van der Waals surface area contributed by atoms with Crippen LogP contribution in [0.1, 0.15) is 31.0 Å². The third-order valence-electron chi connectivity index (χ3n) is 4.04. The standard InChI is InChI=1S/C16H22F3NO2/c1-10(2)15-12-8-14(22-4)13(21-3)7-11(12)5-6-20(15)9-16(17,18)19/h7-8,10,15H,5-6,9H2,1-4H3. The predicted molar refractivity (Wildman–Crippen MR) is 78.5 cm³/mol. The van der Waals surface area contributed by atoms with Gasteiger partial charge in [0.15, 0.2) is 11.5 Å². The average Bonchev–Trinajstić information content (AvgIpc) is 2.43. The smallest absolute Gasteiger partial charge is 0.401 e. The second-order valence-corrected chi connectivity index (χ2v) is 5.93. The van der Waals surface area contributed by atoms with Crippen molar-refractivity contribution in [2.24, 2.45) is 5.92 Å². The van der Waals surface area contributed by atoms with E-state index in [9.17, 15) is 13.2 Å². The van der Waals surface area contributed by atoms with Crippen LogP contribution >= 0.6 is 0 Å². The first kappa shape index (κ1) is 16.9. The van der Waals surface area contributed by atoms with Crippen molar-refractivity contribution >= 4 is 0 Å². The SMILES string of the molecule is COc1cc2c(cc1OC)C(C(C)C)N(CC(F)(F)F)CC2. The van der Waals surface area contributed by atoms with Crippen molar-refractivity contribution in [2.75, 3.05) is 27.3 Å². The Morgan fingerprint density at radius 2 is 1.77 bits per heavy atom. The van der Waals surface area contributed by atoms with Gasteiger partial charge >= 0.3 is 6.18 Å². The Labute approximate surface area is 129 Å². The van der Waals surface area contributed by atoms with Gasteiger partial charge in [-0.1, -0.05) is 13.8 Å². The number of benzene rings is 1. The van der Waals surface area contributed by atoms with Crippen LogP contribution in [0.15, 0.2) is 12.1 Å². The highest BCUT2D eigenvalue weighted by Crippen LogP contribution is 2.41. The maximum absolute atomic E-state index is 12.8. The number of nitrogens with zero attached hydrogens (tertiary/aromatic N) is 1. The summed E-state index contributed by atoms with van der Waals surface area (Å²) in [4.78, 5) is 1.51. The van der Waals surface area contributed by atoms with Crippen LogP contribution in [0.4, 0.5) is 13.2 Å². The number of fused-ring (bicyclic) bond motifs is 1. The first-order valence-electron chi connectivity index (χ1n) is 7.32. The molecule has 6 heteroatoms. The van der Waals surface area contributed by atoms with Crippen LogP contribution in [0.5, 0.6) is 11.5 Å². The summed E-state index contributed by atoms with van der Waals surface area (Å²) in [5.74, 6) is 1.24. The van der Waals surface area contributed by atoms with E-state index in [2.05, 4.69) is 0 Å². The first-order valence-corrected chi connectivity index (χ1v) is 7.32. The molecule has 1 aromatic rings. The van der Waals surface area contributed by atoms with E-state index in [1.807, 2.05) is 26.0 Å². The molecule has 1 unspecified atom stereocenters. The molecule has 1 aliphatic heterocycles. The normalized spacial score (nSPS) is 19.2. The Morgan fingerprint density at radius 1 is 1.18 bits per heavy atom. The topological polar surface area (TPSA) is 21.7 Å². The molecule has 0 fully saturated rings. The lowest BCUT2D eigenvalue weighted by Gasteiger charge is -2.40. The van der Waals surface area contributed by atoms with Gasteiger partial charge in [0, 0.05) is 12.6 Å². The van der Waals surface area contributed by atoms with Crippen molar-refractivity contribution < 1.29 is 22.6 Å². The zero-order valence-electron chi connectivity index (χ0n) is 13.3. The van der Waals surface area contributed by atoms with Crippen LogP contribution in [-0.2, 0) is 6.42 Å². The van der Waals surface area contributed by atoms with E-state index < -0.39 is 12.7 Å². The van der Waals surface area contributed by atoms with Gasteiger partial charge in [-0.2, -0.15) is 13.2 Å². The summed E-state index contributed by atoms with van der Waals surface area (Å²) >= 11 is 0. The van der Waals surface area contributed by atoms with Crippen LogP contribution in [-0.4, -0.2) is 38.4 Å². The van der Waals surface area contributed by atoms with Gasteiger partial charge < -0.3 is 9.47 Å². The fourth-order valence-corrected chi connectivity index (χ4v) is 3.22. The molecular formula is C16H22F3NO2. The van der Waals surface area contributed by atoms with Crippen LogP contribution in [0.25, 0.3) is 0 Å². The summed E-state index contributed by atoms with van der Waals surface area (Å²) < 4.78 is 49.1. The van der Waals surface area contributed by atoms with E-state index in [0.29, 0.717) is 24.5 Å². The Morgan fingerprint density at radius 3 is 2.27 bits per heavy atom. The summed E-state index contributed by atoms with van der Waals surface area (Å²) in [5, 5.41) is 0. The molecule has 0 saturated heterocycles. The van der Waals surface area contributed by atoms with E-state index in [1.54, 1.807) is 7.11 Å². The summed E-state index contributed by atoms with van der Waals surface area (Å²) in [6, 6.07) is 3.43. The van der Waals surface area contributed by atoms with Crippen molar-refractivity contribution in [2.45, 2.75) is 32.5 Å². The van der Waals surface area contributed by atoms with Crippen LogP contribution in [0.2, 0.25) is 0 Å². The molecule has 2 rings (SSSR count). The summed E-state index contributed by atoms with van der Waals surface area (Å²) in [7, 11) is 3.09. The minimum absolute atomic E-state index is 0.0690. The maximum atomic E-state index is 12.8. The second kappa shape index (κ2) is 6.36. The number of hydrogen-bond donors (Lipinski definition) is 0. The van der Waals surface area contributed by atoms with Gasteiger partial charge in [0.05, 0.1) is 20.8 Å². The second-order valence-electron chi connectivity index (χ2n) is 5.93. The Balaban J connectivity index is 2.43. The molecule has 22 heavy (non-hydrogen) atoms. The zero-order valence-corrected chi connectivity index (χ0v) is 13.3. The van der Waals surface area contributed by atoms with Crippen molar-refractivity contribution in [3.63, 3.8) is 0 Å². The molecule has 3 nitrogen and oxygen atoms in total. The molecule has 0 aliphatic carbocycles. The van der Waals surface area contributed by atoms with Crippen LogP contribution in [0.3, 0.4) is 0 Å². The summed E-state index contributed by atoms with van der Waals surface area (Å²) in [5.41, 5.74) is 1.94. The van der Waals surface area contributed by atoms with Crippen molar-refractivity contribution in [1.29, 1.82) is 0 Å². The molecule has 1 aromatic carbocycles. The minimum Gasteiger partial charge on any atom is -0.493 e. The van der Waals surface area contributed by atoms with Gasteiger partial charge in [0.25, 0.3) is 0 Å². The molecule has 1 aliphatic rings. The molecule has 0 radical (unpaired) electrons. The summed E-state index contributed by atoms with van der Waals surface area (Å²) in [6.45, 7) is 3.40. The van der Waals surface area contributed by atoms with Crippen molar-refractivity contribution in [3.8, 4) is 11.5 Å². The summed E-state index contributed by atoms with van der Waals surface area (Å²) in [6.07, 6.45) is -3.61. The van der Waals surface area contributed by atoms with E-state index in [-0.39, 0.29) is 12.0 Å². The van der Waals surface area contributed by atoms with E-state index >= 15 is 0 Å². The maximum Gasteiger partial charge on any atom is 0.401 e. The number of ether oxygens (including phenoxy) is 2. The van der Waals surface area contributed by atoms with Gasteiger partial charge in [-0.25, -0.2) is 0 Å². The van der Waals surface area contributed by atoms with E-state index in [0.717, 1.165) is 11.1 Å². The monoisotopic (exact) mass is 317 g/mol. The fourth-order valence-electron chi connectivity index (χ4n) is 3.22. The Bertz CT molecular complexity index is 529. The zero-order chi connectivity index (χ0) is 16.5. The van der Waals surface area contributed by atoms with E-state index in [1.165, 1.54) is 12.0 Å². The highest BCUT2D eigenvalue weighted by atomic mass is 19.4. The lowest BCUT2D eigenvalue weighted by atomic mass is 9.85. The molecule has 0 spiro atoms. The highest BCUT2D eigenvalue weighted by Gasteiger charge is 2.38. The van der Waals surface area contributed by atoms with Gasteiger partial charge in [-0.15, -0.1) is 0 Å². The number of hydrogen-bond acceptors (Lipinski definition) is 3. The first-order chi connectivity index (χ1) is 10.3. The number of alkyl halides is 3. The fraction of sp³-hybridized carbons (Fsp3) is 0.625. The van der Waals surface area contributed by atoms with Gasteiger partial charge in [-0.05, 0) is 35.6 Å². The predicted octanol–water partition coefficient (Wildman–Crippen LogP) is 3.82. The van der Waals surface area contributed by atoms with Crippen LogP contribution in [0, 0.1) is 5.92 Å². The number of rotatable bonds is 4. The minimum atomic E-state index is -4.19. The number of methoxy groups -OCH3 is 2. The quantitative estimate of drug-likeness (QED) is 0.842. The molecule has 0 N–H and O–H groups in total. The van der Waals surface area contributed by atoms with Crippen molar-refractivity contribution in [3.05, 3.63) is 23.3 Å². The average molecular weight is 317 g/mol. The highest BCUT2D eigenvalue weighted by molar-refractivity contribution is 5.49. The van der Waals surface area contributed by atoms with E-state index in [4.69, 9.17) is 9.47 Å². The lowest BCUT2D eigenvalue weighted by molar-refractivity contribution is -0.154. The molecule has 1 atom stereocenters. The molecule has 0 saturated carbocycles. The van der Waals surface area contributed by atoms with Gasteiger partial charge in [-0.3, -0.25) is 4.90 Å². The molecular weight excluding hydrogens is 295 g/mol. The molecule has 1 heterocycles. The van der Waals surface area contributed by atoms with Gasteiger partial charge in [0.2, 0.25) is 0 Å². The molecule has 0 bridgehead atoms. The number of halogens is 3. The Hall–Kier alpha value is -1.43. The third kappa shape index (κ3) is 3.48. The molecule has 124 valence electrons. The third-order valence-corrected chi connectivity index (χ3v) is 4.04. The Kier molecular flexibility index (Phi) is 4.90. The van der Waals surface area contributed by atoms with Crippen LogP contribution < -0.4 is 9.47 Å². The van der Waals surface area contributed by atoms with Crippen molar-refractivity contribution in [1.82, 2.24) is 4.90 Å². The molecule has 0 aromatic heterocycles. The molecule has 0 amide bonds. The lowest BCUT2D eigenvalue weighted by Crippen LogP contribution is -2.43.